The molecule has 0 saturated carbocycles. The fourth-order valence-electron chi connectivity index (χ4n) is 1.85. The molecule has 0 unspecified atom stereocenters. The van der Waals surface area contributed by atoms with Gasteiger partial charge in [-0.25, -0.2) is 9.37 Å². The van der Waals surface area contributed by atoms with Crippen LogP contribution in [0.2, 0.25) is 0 Å². The van der Waals surface area contributed by atoms with E-state index in [9.17, 15) is 9.18 Å². The SMILES string of the molecule is CNc1ncc(F)cc1C(=O)NCCCCN(C)C(C)C. The molecule has 1 heterocycles. The number of carbonyl (C=O) groups excluding carboxylic acids is 1. The Bertz CT molecular complexity index is 465. The van der Waals surface area contributed by atoms with Gasteiger partial charge in [0.2, 0.25) is 0 Å². The topological polar surface area (TPSA) is 57.3 Å². The van der Waals surface area contributed by atoms with Gasteiger partial charge in [0.25, 0.3) is 5.91 Å². The number of aromatic nitrogens is 1. The van der Waals surface area contributed by atoms with Crippen molar-refractivity contribution in [1.82, 2.24) is 15.2 Å². The van der Waals surface area contributed by atoms with Crippen LogP contribution in [0.1, 0.15) is 37.0 Å². The van der Waals surface area contributed by atoms with Crippen molar-refractivity contribution in [1.29, 1.82) is 0 Å². The average molecular weight is 296 g/mol. The van der Waals surface area contributed by atoms with Crippen LogP contribution in [0.25, 0.3) is 0 Å². The summed E-state index contributed by atoms with van der Waals surface area (Å²) in [5, 5.41) is 5.59. The molecule has 0 atom stereocenters. The van der Waals surface area contributed by atoms with E-state index in [0.717, 1.165) is 25.6 Å². The predicted octanol–water partition coefficient (Wildman–Crippen LogP) is 2.11. The molecule has 1 amide bonds. The summed E-state index contributed by atoms with van der Waals surface area (Å²) in [6.07, 6.45) is 2.99. The summed E-state index contributed by atoms with van der Waals surface area (Å²) < 4.78 is 13.2. The maximum atomic E-state index is 13.2. The number of anilines is 1. The predicted molar refractivity (Wildman–Crippen MR) is 83.1 cm³/mol. The van der Waals surface area contributed by atoms with Crippen LogP contribution in [-0.2, 0) is 0 Å². The van der Waals surface area contributed by atoms with Crippen molar-refractivity contribution in [3.05, 3.63) is 23.6 Å². The smallest absolute Gasteiger partial charge is 0.255 e. The van der Waals surface area contributed by atoms with Gasteiger partial charge in [-0.3, -0.25) is 4.79 Å². The third kappa shape index (κ3) is 5.67. The molecule has 1 aromatic heterocycles. The molecule has 2 N–H and O–H groups in total. The minimum atomic E-state index is -0.516. The van der Waals surface area contributed by atoms with Gasteiger partial charge in [0.15, 0.2) is 0 Å². The van der Waals surface area contributed by atoms with Crippen molar-refractivity contribution >= 4 is 11.7 Å². The van der Waals surface area contributed by atoms with Crippen LogP contribution in [0.3, 0.4) is 0 Å². The van der Waals surface area contributed by atoms with Gasteiger partial charge in [0.05, 0.1) is 11.8 Å². The second-order valence-corrected chi connectivity index (χ2v) is 5.34. The molecule has 0 aliphatic carbocycles. The Morgan fingerprint density at radius 2 is 2.14 bits per heavy atom. The summed E-state index contributed by atoms with van der Waals surface area (Å²) in [5.74, 6) is -0.435. The van der Waals surface area contributed by atoms with Gasteiger partial charge in [0.1, 0.15) is 11.6 Å². The van der Waals surface area contributed by atoms with E-state index in [0.29, 0.717) is 18.4 Å². The summed E-state index contributed by atoms with van der Waals surface area (Å²) in [4.78, 5) is 18.1. The molecular formula is C15H25FN4O. The number of carbonyl (C=O) groups is 1. The largest absolute Gasteiger partial charge is 0.372 e. The van der Waals surface area contributed by atoms with E-state index < -0.39 is 5.82 Å². The van der Waals surface area contributed by atoms with Gasteiger partial charge in [-0.1, -0.05) is 0 Å². The Kier molecular flexibility index (Phi) is 7.08. The van der Waals surface area contributed by atoms with Crippen LogP contribution in [0.4, 0.5) is 10.2 Å². The molecule has 5 nitrogen and oxygen atoms in total. The van der Waals surface area contributed by atoms with Crippen molar-refractivity contribution in [2.24, 2.45) is 0 Å². The highest BCUT2D eigenvalue weighted by molar-refractivity contribution is 5.98. The summed E-state index contributed by atoms with van der Waals surface area (Å²) in [7, 11) is 3.74. The molecule has 0 fully saturated rings. The first kappa shape index (κ1) is 17.4. The van der Waals surface area contributed by atoms with Crippen molar-refractivity contribution in [3.63, 3.8) is 0 Å². The summed E-state index contributed by atoms with van der Waals surface area (Å²) in [6, 6.07) is 1.72. The Hall–Kier alpha value is -1.69. The second-order valence-electron chi connectivity index (χ2n) is 5.34. The zero-order valence-electron chi connectivity index (χ0n) is 13.2. The molecule has 0 radical (unpaired) electrons. The minimum absolute atomic E-state index is 0.233. The standard InChI is InChI=1S/C15H25FN4O/c1-11(2)20(4)8-6-5-7-18-15(21)13-9-12(16)10-19-14(13)17-3/h9-11H,5-8H2,1-4H3,(H,17,19)(H,18,21). The quantitative estimate of drug-likeness (QED) is 0.721. The second kappa shape index (κ2) is 8.56. The molecule has 6 heteroatoms. The zero-order valence-corrected chi connectivity index (χ0v) is 13.2. The van der Waals surface area contributed by atoms with Gasteiger partial charge >= 0.3 is 0 Å². The number of hydrogen-bond donors (Lipinski definition) is 2. The highest BCUT2D eigenvalue weighted by atomic mass is 19.1. The van der Waals surface area contributed by atoms with Crippen LogP contribution in [0.5, 0.6) is 0 Å². The number of hydrogen-bond acceptors (Lipinski definition) is 4. The Morgan fingerprint density at radius 3 is 2.76 bits per heavy atom. The molecule has 1 aromatic rings. The van der Waals surface area contributed by atoms with Crippen molar-refractivity contribution in [2.45, 2.75) is 32.7 Å². The Labute approximate surface area is 125 Å². The molecule has 0 aliphatic heterocycles. The van der Waals surface area contributed by atoms with E-state index in [1.807, 2.05) is 0 Å². The first-order valence-corrected chi connectivity index (χ1v) is 7.27. The van der Waals surface area contributed by atoms with E-state index >= 15 is 0 Å². The summed E-state index contributed by atoms with van der Waals surface area (Å²) in [6.45, 7) is 5.87. The number of unbranched alkanes of at least 4 members (excludes halogenated alkanes) is 1. The lowest BCUT2D eigenvalue weighted by Gasteiger charge is -2.20. The van der Waals surface area contributed by atoms with E-state index in [-0.39, 0.29) is 11.5 Å². The molecule has 0 saturated heterocycles. The minimum Gasteiger partial charge on any atom is -0.372 e. The lowest BCUT2D eigenvalue weighted by Crippen LogP contribution is -2.29. The van der Waals surface area contributed by atoms with E-state index in [2.05, 4.69) is 41.4 Å². The highest BCUT2D eigenvalue weighted by Gasteiger charge is 2.12. The number of rotatable bonds is 8. The monoisotopic (exact) mass is 296 g/mol. The average Bonchev–Trinajstić information content (AvgIpc) is 2.46. The normalized spacial score (nSPS) is 11.0. The molecule has 21 heavy (non-hydrogen) atoms. The number of pyridine rings is 1. The first-order chi connectivity index (χ1) is 9.95. The third-order valence-electron chi connectivity index (χ3n) is 3.44. The van der Waals surface area contributed by atoms with E-state index in [4.69, 9.17) is 0 Å². The van der Waals surface area contributed by atoms with Crippen LogP contribution in [0.15, 0.2) is 12.3 Å². The van der Waals surface area contributed by atoms with Crippen molar-refractivity contribution < 1.29 is 9.18 Å². The van der Waals surface area contributed by atoms with E-state index in [1.54, 1.807) is 7.05 Å². The number of amides is 1. The first-order valence-electron chi connectivity index (χ1n) is 7.27. The van der Waals surface area contributed by atoms with Gasteiger partial charge in [-0.2, -0.15) is 0 Å². The maximum absolute atomic E-state index is 13.2. The number of nitrogens with zero attached hydrogens (tertiary/aromatic N) is 2. The Morgan fingerprint density at radius 1 is 1.43 bits per heavy atom. The van der Waals surface area contributed by atoms with Gasteiger partial charge < -0.3 is 15.5 Å². The number of halogens is 1. The highest BCUT2D eigenvalue weighted by Crippen LogP contribution is 2.12. The molecule has 0 aliphatic rings. The van der Waals surface area contributed by atoms with Crippen molar-refractivity contribution in [3.8, 4) is 0 Å². The molecule has 118 valence electrons. The molecular weight excluding hydrogens is 271 g/mol. The maximum Gasteiger partial charge on any atom is 0.255 e. The lowest BCUT2D eigenvalue weighted by atomic mass is 10.2. The summed E-state index contributed by atoms with van der Waals surface area (Å²) in [5.41, 5.74) is 0.233. The van der Waals surface area contributed by atoms with E-state index in [1.165, 1.54) is 6.07 Å². The molecule has 1 rings (SSSR count). The van der Waals surface area contributed by atoms with Gasteiger partial charge in [-0.15, -0.1) is 0 Å². The third-order valence-corrected chi connectivity index (χ3v) is 3.44. The molecule has 0 spiro atoms. The van der Waals surface area contributed by atoms with Crippen LogP contribution >= 0.6 is 0 Å². The van der Waals surface area contributed by atoms with Gasteiger partial charge in [0, 0.05) is 19.6 Å². The number of nitrogens with one attached hydrogen (secondary N) is 2. The lowest BCUT2D eigenvalue weighted by molar-refractivity contribution is 0.0952. The summed E-state index contributed by atoms with van der Waals surface area (Å²) >= 11 is 0. The van der Waals surface area contributed by atoms with Crippen LogP contribution < -0.4 is 10.6 Å². The molecule has 0 aromatic carbocycles. The Balaban J connectivity index is 2.39. The fourth-order valence-corrected chi connectivity index (χ4v) is 1.85. The van der Waals surface area contributed by atoms with Crippen LogP contribution in [-0.4, -0.2) is 49.0 Å². The zero-order chi connectivity index (χ0) is 15.8. The molecule has 0 bridgehead atoms. The van der Waals surface area contributed by atoms with Gasteiger partial charge in [-0.05, 0) is 46.3 Å². The van der Waals surface area contributed by atoms with Crippen LogP contribution in [0, 0.1) is 5.82 Å². The fraction of sp³-hybridized carbons (Fsp3) is 0.600. The van der Waals surface area contributed by atoms with Crippen molar-refractivity contribution in [2.75, 3.05) is 32.5 Å².